The summed E-state index contributed by atoms with van der Waals surface area (Å²) in [6.07, 6.45) is -0.0728. The highest BCUT2D eigenvalue weighted by Gasteiger charge is 2.21. The third-order valence-electron chi connectivity index (χ3n) is 3.64. The summed E-state index contributed by atoms with van der Waals surface area (Å²) in [6, 6.07) is 9.11. The van der Waals surface area contributed by atoms with Crippen LogP contribution >= 0.6 is 0 Å². The number of ether oxygens (including phenoxy) is 1. The number of carboxylic acid groups (broad SMARTS) is 1. The predicted octanol–water partition coefficient (Wildman–Crippen LogP) is 1.69. The van der Waals surface area contributed by atoms with Gasteiger partial charge >= 0.3 is 5.97 Å². The van der Waals surface area contributed by atoms with Gasteiger partial charge in [0.25, 0.3) is 17.3 Å². The van der Waals surface area contributed by atoms with Gasteiger partial charge in [-0.2, -0.15) is 0 Å². The van der Waals surface area contributed by atoms with E-state index in [2.05, 4.69) is 5.32 Å². The number of hydrogen-bond donors (Lipinski definition) is 2. The molecule has 0 aromatic heterocycles. The second-order valence-corrected chi connectivity index (χ2v) is 5.63. The van der Waals surface area contributed by atoms with Crippen molar-refractivity contribution in [2.24, 2.45) is 0 Å². The fourth-order valence-corrected chi connectivity index (χ4v) is 2.24. The van der Waals surface area contributed by atoms with E-state index in [0.717, 1.165) is 0 Å². The first-order valence-corrected chi connectivity index (χ1v) is 7.89. The maximum atomic E-state index is 11.9. The van der Waals surface area contributed by atoms with Crippen molar-refractivity contribution in [3.8, 4) is 5.75 Å². The Hall–Kier alpha value is -4.02. The van der Waals surface area contributed by atoms with Crippen LogP contribution in [0.5, 0.6) is 5.75 Å². The molecular formula is C17H15N3O8. The summed E-state index contributed by atoms with van der Waals surface area (Å²) in [6.45, 7) is -0.484. The van der Waals surface area contributed by atoms with Gasteiger partial charge in [0.2, 0.25) is 0 Å². The number of carboxylic acids is 1. The first-order valence-electron chi connectivity index (χ1n) is 7.89. The van der Waals surface area contributed by atoms with E-state index in [9.17, 15) is 34.9 Å². The molecular weight excluding hydrogens is 374 g/mol. The average Bonchev–Trinajstić information content (AvgIpc) is 2.66. The molecule has 0 heterocycles. The summed E-state index contributed by atoms with van der Waals surface area (Å²) in [4.78, 5) is 43.4. The van der Waals surface area contributed by atoms with Crippen LogP contribution in [0.3, 0.4) is 0 Å². The Kier molecular flexibility index (Phi) is 6.58. The van der Waals surface area contributed by atoms with Crippen molar-refractivity contribution in [1.29, 1.82) is 0 Å². The van der Waals surface area contributed by atoms with Gasteiger partial charge in [-0.05, 0) is 17.7 Å². The van der Waals surface area contributed by atoms with Crippen molar-refractivity contribution in [3.05, 3.63) is 74.3 Å². The Bertz CT molecular complexity index is 880. The molecule has 146 valence electrons. The lowest BCUT2D eigenvalue weighted by molar-refractivity contribution is -0.385. The highest BCUT2D eigenvalue weighted by molar-refractivity contribution is 5.84. The minimum Gasteiger partial charge on any atom is -0.484 e. The zero-order valence-electron chi connectivity index (χ0n) is 14.3. The Morgan fingerprint density at radius 2 is 1.46 bits per heavy atom. The van der Waals surface area contributed by atoms with E-state index in [-0.39, 0.29) is 23.5 Å². The summed E-state index contributed by atoms with van der Waals surface area (Å²) < 4.78 is 5.17. The summed E-state index contributed by atoms with van der Waals surface area (Å²) in [5.74, 6) is -1.77. The number of nitro groups is 2. The first kappa shape index (κ1) is 20.3. The van der Waals surface area contributed by atoms with Crippen LogP contribution in [0.4, 0.5) is 11.4 Å². The zero-order valence-corrected chi connectivity index (χ0v) is 14.3. The van der Waals surface area contributed by atoms with Crippen LogP contribution in [0.2, 0.25) is 0 Å². The first-order chi connectivity index (χ1) is 13.3. The molecule has 1 atom stereocenters. The molecule has 0 aliphatic rings. The van der Waals surface area contributed by atoms with Crippen molar-refractivity contribution in [2.45, 2.75) is 12.5 Å². The largest absolute Gasteiger partial charge is 0.484 e. The third-order valence-corrected chi connectivity index (χ3v) is 3.64. The molecule has 0 aliphatic carbocycles. The minimum absolute atomic E-state index is 0.0728. The molecule has 0 spiro atoms. The summed E-state index contributed by atoms with van der Waals surface area (Å²) in [7, 11) is 0. The molecule has 0 radical (unpaired) electrons. The van der Waals surface area contributed by atoms with Crippen LogP contribution in [0.15, 0.2) is 48.5 Å². The van der Waals surface area contributed by atoms with Crippen LogP contribution in [0, 0.1) is 20.2 Å². The van der Waals surface area contributed by atoms with Crippen LogP contribution < -0.4 is 10.1 Å². The van der Waals surface area contributed by atoms with Gasteiger partial charge in [-0.15, -0.1) is 0 Å². The van der Waals surface area contributed by atoms with Gasteiger partial charge in [-0.25, -0.2) is 4.79 Å². The van der Waals surface area contributed by atoms with Gasteiger partial charge in [-0.1, -0.05) is 12.1 Å². The van der Waals surface area contributed by atoms with Crippen LogP contribution in [-0.2, 0) is 16.0 Å². The molecule has 0 aliphatic heterocycles. The molecule has 0 saturated carbocycles. The molecule has 1 unspecified atom stereocenters. The SMILES string of the molecule is O=C(COc1ccc([N+](=O)[O-])cc1)NC(Cc1ccc([N+](=O)[O-])cc1)C(=O)O. The van der Waals surface area contributed by atoms with E-state index >= 15 is 0 Å². The van der Waals surface area contributed by atoms with Gasteiger partial charge < -0.3 is 15.2 Å². The second-order valence-electron chi connectivity index (χ2n) is 5.63. The fourth-order valence-electron chi connectivity index (χ4n) is 2.24. The maximum absolute atomic E-state index is 11.9. The minimum atomic E-state index is -1.28. The molecule has 11 nitrogen and oxygen atoms in total. The molecule has 11 heteroatoms. The topological polar surface area (TPSA) is 162 Å². The van der Waals surface area contributed by atoms with E-state index < -0.39 is 34.4 Å². The Balaban J connectivity index is 1.92. The third kappa shape index (κ3) is 5.76. The van der Waals surface area contributed by atoms with Gasteiger partial charge in [0.15, 0.2) is 6.61 Å². The van der Waals surface area contributed by atoms with Crippen molar-refractivity contribution in [1.82, 2.24) is 5.32 Å². The lowest BCUT2D eigenvalue weighted by Crippen LogP contribution is -2.44. The number of nitrogens with one attached hydrogen (secondary N) is 1. The van der Waals surface area contributed by atoms with E-state index in [0.29, 0.717) is 5.56 Å². The smallest absolute Gasteiger partial charge is 0.326 e. The van der Waals surface area contributed by atoms with Gasteiger partial charge in [0.05, 0.1) is 9.85 Å². The molecule has 0 fully saturated rings. The lowest BCUT2D eigenvalue weighted by atomic mass is 10.1. The highest BCUT2D eigenvalue weighted by atomic mass is 16.6. The standard InChI is InChI=1S/C17H15N3O8/c21-16(10-28-14-7-5-13(6-8-14)20(26)27)18-15(17(22)23)9-11-1-3-12(4-2-11)19(24)25/h1-8,15H,9-10H2,(H,18,21)(H,22,23). The van der Waals surface area contributed by atoms with Crippen molar-refractivity contribution < 1.29 is 29.3 Å². The number of nitrogens with zero attached hydrogens (tertiary/aromatic N) is 2. The Morgan fingerprint density at radius 1 is 0.964 bits per heavy atom. The van der Waals surface area contributed by atoms with E-state index in [4.69, 9.17) is 4.74 Å². The monoisotopic (exact) mass is 389 g/mol. The molecule has 2 rings (SSSR count). The number of non-ortho nitro benzene ring substituents is 2. The molecule has 28 heavy (non-hydrogen) atoms. The van der Waals surface area contributed by atoms with Crippen LogP contribution in [0.1, 0.15) is 5.56 Å². The molecule has 2 aromatic rings. The zero-order chi connectivity index (χ0) is 20.7. The predicted molar refractivity (Wildman–Crippen MR) is 95.0 cm³/mol. The van der Waals surface area contributed by atoms with Gasteiger partial charge in [-0.3, -0.25) is 25.0 Å². The van der Waals surface area contributed by atoms with Gasteiger partial charge in [0, 0.05) is 30.7 Å². The number of amides is 1. The summed E-state index contributed by atoms with van der Waals surface area (Å²) >= 11 is 0. The molecule has 1 amide bonds. The van der Waals surface area contributed by atoms with Crippen LogP contribution in [-0.4, -0.2) is 39.5 Å². The molecule has 0 saturated heterocycles. The number of carbonyl (C=O) groups is 2. The molecule has 2 N–H and O–H groups in total. The number of carbonyl (C=O) groups excluding carboxylic acids is 1. The highest BCUT2D eigenvalue weighted by Crippen LogP contribution is 2.17. The van der Waals surface area contributed by atoms with Crippen molar-refractivity contribution in [3.63, 3.8) is 0 Å². The Morgan fingerprint density at radius 3 is 1.93 bits per heavy atom. The van der Waals surface area contributed by atoms with E-state index in [1.165, 1.54) is 48.5 Å². The van der Waals surface area contributed by atoms with Crippen molar-refractivity contribution in [2.75, 3.05) is 6.61 Å². The number of benzene rings is 2. The van der Waals surface area contributed by atoms with E-state index in [1.807, 2.05) is 0 Å². The number of rotatable bonds is 9. The summed E-state index contributed by atoms with van der Waals surface area (Å²) in [5, 5.41) is 32.8. The van der Waals surface area contributed by atoms with E-state index in [1.54, 1.807) is 0 Å². The quantitative estimate of drug-likeness (QED) is 0.483. The fraction of sp³-hybridized carbons (Fsp3) is 0.176. The van der Waals surface area contributed by atoms with Gasteiger partial charge in [0.1, 0.15) is 11.8 Å². The molecule has 0 bridgehead atoms. The molecule has 2 aromatic carbocycles. The number of nitro benzene ring substituents is 2. The average molecular weight is 389 g/mol. The summed E-state index contributed by atoms with van der Waals surface area (Å²) in [5.41, 5.74) is 0.233. The van der Waals surface area contributed by atoms with Crippen molar-refractivity contribution >= 4 is 23.3 Å². The number of aliphatic carboxylic acids is 1. The van der Waals surface area contributed by atoms with Crippen LogP contribution in [0.25, 0.3) is 0 Å². The Labute approximate surface area is 157 Å². The lowest BCUT2D eigenvalue weighted by Gasteiger charge is -2.15. The maximum Gasteiger partial charge on any atom is 0.326 e. The normalized spacial score (nSPS) is 11.3. The number of hydrogen-bond acceptors (Lipinski definition) is 7. The second kappa shape index (κ2) is 9.07.